The normalized spacial score (nSPS) is 20.2. The monoisotopic (exact) mass is 417 g/mol. The third-order valence-corrected chi connectivity index (χ3v) is 6.69. The summed E-state index contributed by atoms with van der Waals surface area (Å²) in [6, 6.07) is 15.9. The minimum atomic E-state index is -3.74. The van der Waals surface area contributed by atoms with E-state index in [-0.39, 0.29) is 18.6 Å². The Hall–Kier alpha value is -2.46. The summed E-state index contributed by atoms with van der Waals surface area (Å²) in [5, 5.41) is 3.36. The van der Waals surface area contributed by atoms with Crippen LogP contribution in [0, 0.1) is 0 Å². The second-order valence-electron chi connectivity index (χ2n) is 7.31. The molecular weight excluding hydrogens is 390 g/mol. The van der Waals surface area contributed by atoms with Crippen molar-refractivity contribution in [3.05, 3.63) is 65.7 Å². The lowest BCUT2D eigenvalue weighted by Crippen LogP contribution is -2.58. The summed E-state index contributed by atoms with van der Waals surface area (Å²) in [7, 11) is -3.74. The molecule has 0 bridgehead atoms. The van der Waals surface area contributed by atoms with E-state index in [4.69, 9.17) is 5.84 Å². The van der Waals surface area contributed by atoms with Gasteiger partial charge in [-0.25, -0.2) is 5.84 Å². The molecule has 156 valence electrons. The zero-order valence-electron chi connectivity index (χ0n) is 16.6. The van der Waals surface area contributed by atoms with Crippen LogP contribution in [0.5, 0.6) is 0 Å². The lowest BCUT2D eigenvalue weighted by atomic mass is 10.1. The van der Waals surface area contributed by atoms with Gasteiger partial charge in [0.1, 0.15) is 0 Å². The van der Waals surface area contributed by atoms with E-state index in [9.17, 15) is 13.2 Å². The highest BCUT2D eigenvalue weighted by Crippen LogP contribution is 2.24. The summed E-state index contributed by atoms with van der Waals surface area (Å²) in [6.07, 6.45) is 0. The fraction of sp³-hybridized carbons (Fsp3) is 0.350. The van der Waals surface area contributed by atoms with E-state index in [1.807, 2.05) is 32.0 Å². The number of amides is 1. The van der Waals surface area contributed by atoms with Gasteiger partial charge in [0, 0.05) is 30.7 Å². The number of nitrogen functional groups attached to an aromatic ring is 1. The highest BCUT2D eigenvalue weighted by molar-refractivity contribution is 7.90. The van der Waals surface area contributed by atoms with E-state index >= 15 is 0 Å². The van der Waals surface area contributed by atoms with Gasteiger partial charge in [0.15, 0.2) is 0 Å². The van der Waals surface area contributed by atoms with Crippen LogP contribution >= 0.6 is 0 Å². The number of hydrazine groups is 1. The summed E-state index contributed by atoms with van der Waals surface area (Å²) in [6.45, 7) is 4.93. The van der Waals surface area contributed by atoms with Crippen LogP contribution in [0.25, 0.3) is 0 Å². The van der Waals surface area contributed by atoms with Gasteiger partial charge >= 0.3 is 10.2 Å². The predicted molar refractivity (Wildman–Crippen MR) is 113 cm³/mol. The van der Waals surface area contributed by atoms with E-state index in [0.717, 1.165) is 5.56 Å². The molecule has 1 heterocycles. The number of hydrogen-bond acceptors (Lipinski definition) is 5. The number of hydrogen-bond donors (Lipinski definition) is 3. The molecule has 2 aromatic rings. The number of anilines is 1. The van der Waals surface area contributed by atoms with Crippen molar-refractivity contribution < 1.29 is 13.2 Å². The number of nitrogens with two attached hydrogens (primary N) is 1. The summed E-state index contributed by atoms with van der Waals surface area (Å²) in [5.41, 5.74) is 3.86. The second-order valence-corrected chi connectivity index (χ2v) is 9.16. The summed E-state index contributed by atoms with van der Waals surface area (Å²) in [4.78, 5) is 11.6. The fourth-order valence-electron chi connectivity index (χ4n) is 3.52. The van der Waals surface area contributed by atoms with Gasteiger partial charge in [-0.05, 0) is 43.7 Å². The van der Waals surface area contributed by atoms with Crippen molar-refractivity contribution in [3.63, 3.8) is 0 Å². The smallest absolute Gasteiger partial charge is 0.304 e. The largest absolute Gasteiger partial charge is 0.309 e. The molecule has 0 saturated carbocycles. The molecular formula is C20H27N5O3S. The Kier molecular flexibility index (Phi) is 6.53. The highest BCUT2D eigenvalue weighted by atomic mass is 32.2. The average Bonchev–Trinajstić information content (AvgIpc) is 2.71. The molecule has 0 aromatic heterocycles. The van der Waals surface area contributed by atoms with Crippen LogP contribution in [0.4, 0.5) is 5.69 Å². The van der Waals surface area contributed by atoms with Gasteiger partial charge in [0.2, 0.25) is 0 Å². The summed E-state index contributed by atoms with van der Waals surface area (Å²) < 4.78 is 30.0. The Balaban J connectivity index is 1.92. The molecule has 2 unspecified atom stereocenters. The Bertz CT molecular complexity index is 924. The molecule has 0 radical (unpaired) electrons. The van der Waals surface area contributed by atoms with E-state index in [2.05, 4.69) is 10.7 Å². The van der Waals surface area contributed by atoms with Crippen molar-refractivity contribution in [1.29, 1.82) is 0 Å². The van der Waals surface area contributed by atoms with Crippen LogP contribution in [-0.4, -0.2) is 43.8 Å². The molecule has 4 N–H and O–H groups in total. The molecule has 1 amide bonds. The maximum Gasteiger partial charge on any atom is 0.304 e. The van der Waals surface area contributed by atoms with Crippen molar-refractivity contribution in [2.24, 2.45) is 5.84 Å². The van der Waals surface area contributed by atoms with E-state index in [1.165, 1.54) is 8.61 Å². The third-order valence-electron chi connectivity index (χ3n) is 4.85. The Labute approximate surface area is 171 Å². The van der Waals surface area contributed by atoms with Gasteiger partial charge in [0.25, 0.3) is 5.91 Å². The first kappa shape index (κ1) is 21.3. The van der Waals surface area contributed by atoms with Crippen LogP contribution in [0.3, 0.4) is 0 Å². The fourth-order valence-corrected chi connectivity index (χ4v) is 5.32. The zero-order valence-corrected chi connectivity index (χ0v) is 17.4. The number of rotatable bonds is 6. The molecule has 0 spiro atoms. The molecule has 2 atom stereocenters. The lowest BCUT2D eigenvalue weighted by molar-refractivity contribution is 0.0953. The number of benzene rings is 2. The maximum atomic E-state index is 13.5. The molecule has 9 heteroatoms. The topological polar surface area (TPSA) is 108 Å². The lowest BCUT2D eigenvalue weighted by Gasteiger charge is -2.38. The molecule has 1 aliphatic rings. The summed E-state index contributed by atoms with van der Waals surface area (Å²) >= 11 is 0. The molecule has 2 aromatic carbocycles. The van der Waals surface area contributed by atoms with Crippen molar-refractivity contribution >= 4 is 21.8 Å². The van der Waals surface area contributed by atoms with Crippen LogP contribution in [0.1, 0.15) is 29.8 Å². The number of para-hydroxylation sites is 1. The van der Waals surface area contributed by atoms with E-state index in [0.29, 0.717) is 24.3 Å². The van der Waals surface area contributed by atoms with Gasteiger partial charge in [-0.15, -0.1) is 0 Å². The van der Waals surface area contributed by atoms with Gasteiger partial charge in [-0.1, -0.05) is 30.3 Å². The van der Waals surface area contributed by atoms with Crippen LogP contribution < -0.4 is 20.9 Å². The molecule has 8 nitrogen and oxygen atoms in total. The van der Waals surface area contributed by atoms with Crippen LogP contribution in [0.15, 0.2) is 54.6 Å². The highest BCUT2D eigenvalue weighted by Gasteiger charge is 2.35. The molecule has 1 saturated heterocycles. The number of carbonyl (C=O) groups is 1. The van der Waals surface area contributed by atoms with Gasteiger partial charge in [-0.2, -0.15) is 12.7 Å². The molecule has 3 rings (SSSR count). The van der Waals surface area contributed by atoms with Crippen molar-refractivity contribution in [3.8, 4) is 0 Å². The second kappa shape index (κ2) is 8.91. The average molecular weight is 418 g/mol. The standard InChI is InChI=1S/C20H27N5O3S/c1-15-12-24(13-16(2)22-15)29(27,28)25(19-6-4-3-5-7-19)14-17-8-10-18(11-9-17)20(26)23-21/h3-11,15-16,22H,12-14,21H2,1-2H3,(H,23,26). The third kappa shape index (κ3) is 4.94. The number of nitrogens with zero attached hydrogens (tertiary/aromatic N) is 2. The first-order valence-corrected chi connectivity index (χ1v) is 10.9. The quantitative estimate of drug-likeness (QED) is 0.372. The number of piperazine rings is 1. The van der Waals surface area contributed by atoms with Crippen molar-refractivity contribution in [1.82, 2.24) is 15.0 Å². The Morgan fingerprint density at radius 3 is 2.24 bits per heavy atom. The zero-order chi connectivity index (χ0) is 21.0. The van der Waals surface area contributed by atoms with Gasteiger partial charge < -0.3 is 5.32 Å². The van der Waals surface area contributed by atoms with Gasteiger partial charge in [0.05, 0.1) is 12.2 Å². The maximum absolute atomic E-state index is 13.5. The van der Waals surface area contributed by atoms with Gasteiger partial charge in [-0.3, -0.25) is 14.5 Å². The number of carbonyl (C=O) groups excluding carboxylic acids is 1. The minimum Gasteiger partial charge on any atom is -0.309 e. The molecule has 1 aliphatic heterocycles. The van der Waals surface area contributed by atoms with Crippen molar-refractivity contribution in [2.75, 3.05) is 17.4 Å². The Morgan fingerprint density at radius 1 is 1.10 bits per heavy atom. The Morgan fingerprint density at radius 2 is 1.69 bits per heavy atom. The van der Waals surface area contributed by atoms with E-state index in [1.54, 1.807) is 36.4 Å². The number of nitrogens with one attached hydrogen (secondary N) is 2. The predicted octanol–water partition coefficient (Wildman–Crippen LogP) is 1.22. The first-order valence-electron chi connectivity index (χ1n) is 9.50. The molecule has 1 fully saturated rings. The summed E-state index contributed by atoms with van der Waals surface area (Å²) in [5.74, 6) is 4.77. The minimum absolute atomic E-state index is 0.0696. The van der Waals surface area contributed by atoms with Crippen LogP contribution in [0.2, 0.25) is 0 Å². The first-order chi connectivity index (χ1) is 13.8. The molecule has 29 heavy (non-hydrogen) atoms. The SMILES string of the molecule is CC1CN(S(=O)(=O)N(Cc2ccc(C(=O)NN)cc2)c2ccccc2)CC(C)N1. The van der Waals surface area contributed by atoms with E-state index < -0.39 is 16.1 Å². The molecule has 0 aliphatic carbocycles. The van der Waals surface area contributed by atoms with Crippen molar-refractivity contribution in [2.45, 2.75) is 32.5 Å². The van der Waals surface area contributed by atoms with Crippen LogP contribution in [-0.2, 0) is 16.8 Å².